The Morgan fingerprint density at radius 3 is 2.21 bits per heavy atom. The Morgan fingerprint density at radius 2 is 1.63 bits per heavy atom. The number of ketones is 1. The lowest BCUT2D eigenvalue weighted by molar-refractivity contribution is -0.140. The minimum Gasteiger partial charge on any atom is -0.469 e. The van der Waals surface area contributed by atoms with Gasteiger partial charge in [0.1, 0.15) is 5.78 Å². The van der Waals surface area contributed by atoms with Crippen LogP contribution in [0.2, 0.25) is 0 Å². The van der Waals surface area contributed by atoms with E-state index in [1.54, 1.807) is 6.92 Å². The van der Waals surface area contributed by atoms with E-state index in [9.17, 15) is 9.59 Å². The fourth-order valence-electron chi connectivity index (χ4n) is 2.14. The number of Topliss-reactive ketones (excluding diaryl/α,β-unsaturated/α-hetero) is 1. The van der Waals surface area contributed by atoms with Crippen LogP contribution in [0, 0.1) is 0 Å². The second-order valence-electron chi connectivity index (χ2n) is 5.07. The Hall–Kier alpha value is -0.900. The maximum atomic E-state index is 11.1. The summed E-state index contributed by atoms with van der Waals surface area (Å²) in [6.45, 7) is 6.37. The van der Waals surface area contributed by atoms with Gasteiger partial charge in [0.25, 0.3) is 0 Å². The van der Waals surface area contributed by atoms with Crippen molar-refractivity contribution >= 4 is 11.8 Å². The molecule has 0 spiro atoms. The molecule has 0 rings (SSSR count). The van der Waals surface area contributed by atoms with Crippen LogP contribution >= 0.6 is 0 Å². The van der Waals surface area contributed by atoms with E-state index in [4.69, 9.17) is 0 Å². The Bertz CT molecular complexity index is 254. The molecule has 0 N–H and O–H groups in total. The maximum Gasteiger partial charge on any atom is 0.305 e. The van der Waals surface area contributed by atoms with Gasteiger partial charge in [-0.05, 0) is 39.3 Å². The Labute approximate surface area is 117 Å². The average molecular weight is 271 g/mol. The van der Waals surface area contributed by atoms with Crippen molar-refractivity contribution in [3.63, 3.8) is 0 Å². The van der Waals surface area contributed by atoms with Gasteiger partial charge >= 0.3 is 5.97 Å². The third-order valence-electron chi connectivity index (χ3n) is 3.07. The van der Waals surface area contributed by atoms with Crippen LogP contribution in [0.4, 0.5) is 0 Å². The van der Waals surface area contributed by atoms with Crippen molar-refractivity contribution in [3.05, 3.63) is 0 Å². The first-order chi connectivity index (χ1) is 9.10. The highest BCUT2D eigenvalue weighted by atomic mass is 16.5. The number of methoxy groups -OCH3 is 1. The van der Waals surface area contributed by atoms with Gasteiger partial charge in [-0.1, -0.05) is 26.2 Å². The molecule has 19 heavy (non-hydrogen) atoms. The van der Waals surface area contributed by atoms with Gasteiger partial charge in [0.15, 0.2) is 0 Å². The third-order valence-corrected chi connectivity index (χ3v) is 3.07. The monoisotopic (exact) mass is 271 g/mol. The summed E-state index contributed by atoms with van der Waals surface area (Å²) in [5, 5.41) is 0. The topological polar surface area (TPSA) is 46.6 Å². The summed E-state index contributed by atoms with van der Waals surface area (Å²) >= 11 is 0. The van der Waals surface area contributed by atoms with Gasteiger partial charge < -0.3 is 4.74 Å². The van der Waals surface area contributed by atoms with Crippen LogP contribution in [0.1, 0.15) is 58.8 Å². The van der Waals surface area contributed by atoms with Gasteiger partial charge in [0.05, 0.1) is 13.7 Å². The maximum absolute atomic E-state index is 11.1. The summed E-state index contributed by atoms with van der Waals surface area (Å²) < 4.78 is 4.60. The SMILES string of the molecule is CCCN(CCCCCCCC(=O)OC)CC(C)=O. The van der Waals surface area contributed by atoms with Gasteiger partial charge in [0.2, 0.25) is 0 Å². The van der Waals surface area contributed by atoms with Gasteiger partial charge in [-0.2, -0.15) is 0 Å². The molecular weight excluding hydrogens is 242 g/mol. The second-order valence-corrected chi connectivity index (χ2v) is 5.07. The van der Waals surface area contributed by atoms with E-state index in [-0.39, 0.29) is 11.8 Å². The zero-order valence-electron chi connectivity index (χ0n) is 12.7. The first kappa shape index (κ1) is 18.1. The van der Waals surface area contributed by atoms with E-state index < -0.39 is 0 Å². The molecule has 0 heterocycles. The molecule has 0 unspecified atom stereocenters. The van der Waals surface area contributed by atoms with E-state index in [2.05, 4.69) is 16.6 Å². The molecule has 0 aromatic heterocycles. The predicted molar refractivity (Wildman–Crippen MR) is 77.1 cm³/mol. The van der Waals surface area contributed by atoms with Gasteiger partial charge in [-0.15, -0.1) is 0 Å². The largest absolute Gasteiger partial charge is 0.469 e. The number of hydrogen-bond donors (Lipinski definition) is 0. The number of ether oxygens (including phenoxy) is 1. The molecule has 0 aliphatic rings. The van der Waals surface area contributed by atoms with Gasteiger partial charge in [-0.25, -0.2) is 0 Å². The molecule has 0 aliphatic heterocycles. The van der Waals surface area contributed by atoms with Crippen LogP contribution in [-0.2, 0) is 14.3 Å². The summed E-state index contributed by atoms with van der Waals surface area (Å²) in [7, 11) is 1.43. The Kier molecular flexibility index (Phi) is 11.6. The van der Waals surface area contributed by atoms with Crippen molar-refractivity contribution in [2.24, 2.45) is 0 Å². The van der Waals surface area contributed by atoms with Crippen molar-refractivity contribution in [3.8, 4) is 0 Å². The van der Waals surface area contributed by atoms with Crippen LogP contribution < -0.4 is 0 Å². The van der Waals surface area contributed by atoms with Gasteiger partial charge in [-0.3, -0.25) is 14.5 Å². The van der Waals surface area contributed by atoms with E-state index in [0.29, 0.717) is 13.0 Å². The highest BCUT2D eigenvalue weighted by Gasteiger charge is 2.06. The van der Waals surface area contributed by atoms with Crippen LogP contribution in [0.25, 0.3) is 0 Å². The Morgan fingerprint density at radius 1 is 1.00 bits per heavy atom. The van der Waals surface area contributed by atoms with Crippen molar-refractivity contribution in [2.45, 2.75) is 58.8 Å². The predicted octanol–water partition coefficient (Wildman–Crippen LogP) is 2.80. The second kappa shape index (κ2) is 12.2. The minimum absolute atomic E-state index is 0.115. The molecule has 0 fully saturated rings. The molecule has 0 saturated carbocycles. The summed E-state index contributed by atoms with van der Waals surface area (Å²) in [4.78, 5) is 24.2. The number of carbonyl (C=O) groups is 2. The number of rotatable bonds is 12. The smallest absolute Gasteiger partial charge is 0.305 e. The summed E-state index contributed by atoms with van der Waals surface area (Å²) in [6.07, 6.45) is 7.06. The highest BCUT2D eigenvalue weighted by molar-refractivity contribution is 5.77. The molecule has 0 saturated heterocycles. The lowest BCUT2D eigenvalue weighted by Gasteiger charge is -2.19. The van der Waals surface area contributed by atoms with Crippen molar-refractivity contribution in [2.75, 3.05) is 26.7 Å². The number of unbranched alkanes of at least 4 members (excludes halogenated alkanes) is 4. The molecule has 0 amide bonds. The lowest BCUT2D eigenvalue weighted by Crippen LogP contribution is -2.30. The molecular formula is C15H29NO3. The highest BCUT2D eigenvalue weighted by Crippen LogP contribution is 2.07. The standard InChI is InChI=1S/C15H29NO3/c1-4-11-16(13-14(2)17)12-9-7-5-6-8-10-15(18)19-3/h4-13H2,1-3H3. The normalized spacial score (nSPS) is 10.7. The molecule has 0 aliphatic carbocycles. The molecule has 4 nitrogen and oxygen atoms in total. The van der Waals surface area contributed by atoms with Crippen molar-refractivity contribution in [1.82, 2.24) is 4.90 Å². The zero-order valence-corrected chi connectivity index (χ0v) is 12.7. The molecule has 0 bridgehead atoms. The van der Waals surface area contributed by atoms with Crippen molar-refractivity contribution < 1.29 is 14.3 Å². The molecule has 0 aromatic carbocycles. The molecule has 0 atom stereocenters. The average Bonchev–Trinajstić information content (AvgIpc) is 2.36. The van der Waals surface area contributed by atoms with E-state index in [0.717, 1.165) is 45.2 Å². The fraction of sp³-hybridized carbons (Fsp3) is 0.867. The number of esters is 1. The number of carbonyl (C=O) groups excluding carboxylic acids is 2. The Balaban J connectivity index is 3.49. The fourth-order valence-corrected chi connectivity index (χ4v) is 2.14. The summed E-state index contributed by atoms with van der Waals surface area (Å²) in [5.41, 5.74) is 0. The third kappa shape index (κ3) is 11.9. The molecule has 0 aromatic rings. The van der Waals surface area contributed by atoms with Crippen LogP contribution in [0.3, 0.4) is 0 Å². The molecule has 4 heteroatoms. The van der Waals surface area contributed by atoms with Gasteiger partial charge in [0, 0.05) is 6.42 Å². The van der Waals surface area contributed by atoms with Crippen molar-refractivity contribution in [1.29, 1.82) is 0 Å². The summed E-state index contributed by atoms with van der Waals surface area (Å²) in [6, 6.07) is 0. The minimum atomic E-state index is -0.115. The first-order valence-electron chi connectivity index (χ1n) is 7.38. The molecule has 0 radical (unpaired) electrons. The number of hydrogen-bond acceptors (Lipinski definition) is 4. The first-order valence-corrected chi connectivity index (χ1v) is 7.38. The zero-order chi connectivity index (χ0) is 14.5. The van der Waals surface area contributed by atoms with Crippen LogP contribution in [0.5, 0.6) is 0 Å². The lowest BCUT2D eigenvalue weighted by atomic mass is 10.1. The van der Waals surface area contributed by atoms with Crippen LogP contribution in [0.15, 0.2) is 0 Å². The number of nitrogens with zero attached hydrogens (tertiary/aromatic N) is 1. The van der Waals surface area contributed by atoms with E-state index in [1.165, 1.54) is 13.5 Å². The van der Waals surface area contributed by atoms with E-state index >= 15 is 0 Å². The molecule has 112 valence electrons. The summed E-state index contributed by atoms with van der Waals surface area (Å²) in [5.74, 6) is 0.127. The quantitative estimate of drug-likeness (QED) is 0.404. The van der Waals surface area contributed by atoms with E-state index in [1.807, 2.05) is 0 Å². The van der Waals surface area contributed by atoms with Crippen LogP contribution in [-0.4, -0.2) is 43.4 Å².